The van der Waals surface area contributed by atoms with Crippen molar-refractivity contribution in [3.05, 3.63) is 35.4 Å². The van der Waals surface area contributed by atoms with Gasteiger partial charge < -0.3 is 20.3 Å². The van der Waals surface area contributed by atoms with Crippen LogP contribution in [0.15, 0.2) is 24.3 Å². The zero-order valence-electron chi connectivity index (χ0n) is 20.6. The van der Waals surface area contributed by atoms with Gasteiger partial charge in [0.15, 0.2) is 0 Å². The second kappa shape index (κ2) is 10.6. The number of rotatable bonds is 7. The number of nitrogens with one attached hydrogen (secondary N) is 2. The van der Waals surface area contributed by atoms with Crippen LogP contribution in [0.1, 0.15) is 89.8 Å². The maximum absolute atomic E-state index is 13.7. The molecule has 1 aromatic rings. The number of hydrogen-bond donors (Lipinski definition) is 2. The Morgan fingerprint density at radius 3 is 2.24 bits per heavy atom. The van der Waals surface area contributed by atoms with E-state index in [1.807, 2.05) is 31.2 Å². The normalized spacial score (nSPS) is 18.7. The molecule has 3 rings (SSSR count). The van der Waals surface area contributed by atoms with Crippen LogP contribution in [0.5, 0.6) is 0 Å². The molecule has 0 heterocycles. The summed E-state index contributed by atoms with van der Waals surface area (Å²) < 4.78 is 5.33. The minimum Gasteiger partial charge on any atom is -0.444 e. The molecule has 0 spiro atoms. The smallest absolute Gasteiger partial charge is 0.408 e. The molecule has 33 heavy (non-hydrogen) atoms. The predicted octanol–water partition coefficient (Wildman–Crippen LogP) is 4.39. The van der Waals surface area contributed by atoms with Crippen molar-refractivity contribution in [2.45, 2.75) is 109 Å². The van der Waals surface area contributed by atoms with Gasteiger partial charge in [0.2, 0.25) is 11.8 Å². The number of alkyl carbamates (subject to hydrolysis) is 1. The second-order valence-corrected chi connectivity index (χ2v) is 10.4. The molecule has 2 fully saturated rings. The van der Waals surface area contributed by atoms with Gasteiger partial charge in [0.25, 0.3) is 0 Å². The second-order valence-electron chi connectivity index (χ2n) is 10.4. The van der Waals surface area contributed by atoms with E-state index >= 15 is 0 Å². The molecule has 2 N–H and O–H groups in total. The van der Waals surface area contributed by atoms with Crippen LogP contribution in [-0.4, -0.2) is 46.5 Å². The Balaban J connectivity index is 1.85. The van der Waals surface area contributed by atoms with Crippen LogP contribution < -0.4 is 10.6 Å². The van der Waals surface area contributed by atoms with Crippen LogP contribution in [0, 0.1) is 6.92 Å². The summed E-state index contributed by atoms with van der Waals surface area (Å²) in [6, 6.07) is 6.33. The minimum atomic E-state index is -0.811. The molecular formula is C26H39N3O4. The fraction of sp³-hybridized carbons (Fsp3) is 0.654. The third-order valence-corrected chi connectivity index (χ3v) is 6.26. The number of amides is 3. The summed E-state index contributed by atoms with van der Waals surface area (Å²) in [7, 11) is 0. The molecule has 182 valence electrons. The number of aryl methyl sites for hydroxylation is 1. The van der Waals surface area contributed by atoms with E-state index in [4.69, 9.17) is 4.74 Å². The van der Waals surface area contributed by atoms with Crippen LogP contribution in [0.4, 0.5) is 4.79 Å². The van der Waals surface area contributed by atoms with Crippen LogP contribution in [-0.2, 0) is 14.3 Å². The van der Waals surface area contributed by atoms with E-state index in [9.17, 15) is 14.4 Å². The van der Waals surface area contributed by atoms with Gasteiger partial charge in [-0.25, -0.2) is 4.79 Å². The Morgan fingerprint density at radius 1 is 1.03 bits per heavy atom. The van der Waals surface area contributed by atoms with Gasteiger partial charge in [-0.1, -0.05) is 43.5 Å². The van der Waals surface area contributed by atoms with Gasteiger partial charge in [0, 0.05) is 12.1 Å². The van der Waals surface area contributed by atoms with Crippen molar-refractivity contribution in [1.82, 2.24) is 15.5 Å². The van der Waals surface area contributed by atoms with Gasteiger partial charge in [-0.05, 0) is 71.4 Å². The van der Waals surface area contributed by atoms with E-state index in [0.717, 1.165) is 49.7 Å². The zero-order chi connectivity index (χ0) is 24.2. The molecule has 2 saturated carbocycles. The number of ether oxygens (including phenoxy) is 1. The number of carbonyl (C=O) groups excluding carboxylic acids is 3. The molecule has 0 bridgehead atoms. The van der Waals surface area contributed by atoms with Crippen molar-refractivity contribution in [2.24, 2.45) is 0 Å². The lowest BCUT2D eigenvalue weighted by Gasteiger charge is -2.35. The van der Waals surface area contributed by atoms with E-state index in [2.05, 4.69) is 10.6 Å². The number of nitrogens with zero attached hydrogens (tertiary/aromatic N) is 1. The Hall–Kier alpha value is -2.57. The van der Waals surface area contributed by atoms with Crippen LogP contribution in [0.3, 0.4) is 0 Å². The first-order valence-electron chi connectivity index (χ1n) is 12.2. The van der Waals surface area contributed by atoms with Crippen molar-refractivity contribution in [3.8, 4) is 0 Å². The van der Waals surface area contributed by atoms with Crippen molar-refractivity contribution in [2.75, 3.05) is 0 Å². The number of carbonyl (C=O) groups is 3. The lowest BCUT2D eigenvalue weighted by atomic mass is 9.93. The third-order valence-electron chi connectivity index (χ3n) is 6.26. The Morgan fingerprint density at radius 2 is 1.67 bits per heavy atom. The summed E-state index contributed by atoms with van der Waals surface area (Å²) in [5.74, 6) is -0.406. The highest BCUT2D eigenvalue weighted by atomic mass is 16.6. The fourth-order valence-electron chi connectivity index (χ4n) is 4.48. The molecule has 0 aliphatic heterocycles. The number of benzene rings is 1. The monoisotopic (exact) mass is 457 g/mol. The fourth-order valence-corrected chi connectivity index (χ4v) is 4.48. The van der Waals surface area contributed by atoms with Gasteiger partial charge in [-0.3, -0.25) is 9.59 Å². The first-order valence-corrected chi connectivity index (χ1v) is 12.2. The topological polar surface area (TPSA) is 87.7 Å². The molecule has 1 aromatic carbocycles. The standard InChI is InChI=1S/C26H39N3O4/c1-17-11-9-10-14-21(17)22(23(30)28-19-12-7-6-8-13-19)29(20-15-16-20)24(31)18(2)27-25(32)33-26(3,4)5/h9-11,14,18-20,22H,6-8,12-13,15-16H2,1-5H3,(H,27,32)(H,28,30). The average Bonchev–Trinajstić information content (AvgIpc) is 3.56. The number of hydrogen-bond acceptors (Lipinski definition) is 4. The highest BCUT2D eigenvalue weighted by Gasteiger charge is 2.43. The van der Waals surface area contributed by atoms with Crippen LogP contribution in [0.2, 0.25) is 0 Å². The van der Waals surface area contributed by atoms with E-state index in [0.29, 0.717) is 0 Å². The maximum Gasteiger partial charge on any atom is 0.408 e. The first-order chi connectivity index (χ1) is 15.6. The van der Waals surface area contributed by atoms with Gasteiger partial charge in [0.05, 0.1) is 0 Å². The van der Waals surface area contributed by atoms with Crippen molar-refractivity contribution >= 4 is 17.9 Å². The largest absolute Gasteiger partial charge is 0.444 e. The Kier molecular flexibility index (Phi) is 8.03. The Labute approximate surface area is 197 Å². The van der Waals surface area contributed by atoms with E-state index in [-0.39, 0.29) is 23.9 Å². The highest BCUT2D eigenvalue weighted by Crippen LogP contribution is 2.36. The minimum absolute atomic E-state index is 0.0119. The first kappa shape index (κ1) is 25.1. The predicted molar refractivity (Wildman–Crippen MR) is 128 cm³/mol. The van der Waals surface area contributed by atoms with Gasteiger partial charge in [-0.15, -0.1) is 0 Å². The van der Waals surface area contributed by atoms with Gasteiger partial charge >= 0.3 is 6.09 Å². The third kappa shape index (κ3) is 6.95. The molecule has 2 aliphatic carbocycles. The molecule has 0 saturated heterocycles. The van der Waals surface area contributed by atoms with Crippen LogP contribution in [0.25, 0.3) is 0 Å². The molecule has 0 aromatic heterocycles. The molecule has 2 unspecified atom stereocenters. The van der Waals surface area contributed by atoms with E-state index in [1.165, 1.54) is 6.42 Å². The molecule has 3 amide bonds. The molecule has 0 radical (unpaired) electrons. The lowest BCUT2D eigenvalue weighted by molar-refractivity contribution is -0.143. The summed E-state index contributed by atoms with van der Waals surface area (Å²) in [6.07, 6.45) is 6.44. The molecule has 7 nitrogen and oxygen atoms in total. The average molecular weight is 458 g/mol. The summed E-state index contributed by atoms with van der Waals surface area (Å²) >= 11 is 0. The summed E-state index contributed by atoms with van der Waals surface area (Å²) in [5.41, 5.74) is 1.13. The van der Waals surface area contributed by atoms with Crippen molar-refractivity contribution < 1.29 is 19.1 Å². The molecular weight excluding hydrogens is 418 g/mol. The van der Waals surface area contributed by atoms with Crippen molar-refractivity contribution in [1.29, 1.82) is 0 Å². The lowest BCUT2D eigenvalue weighted by Crippen LogP contribution is -2.53. The van der Waals surface area contributed by atoms with E-state index in [1.54, 1.807) is 32.6 Å². The summed E-state index contributed by atoms with van der Waals surface area (Å²) in [4.78, 5) is 41.3. The molecule has 7 heteroatoms. The Bertz CT molecular complexity index is 853. The van der Waals surface area contributed by atoms with Crippen LogP contribution >= 0.6 is 0 Å². The van der Waals surface area contributed by atoms with Gasteiger partial charge in [-0.2, -0.15) is 0 Å². The molecule has 2 aliphatic rings. The zero-order valence-corrected chi connectivity index (χ0v) is 20.6. The summed E-state index contributed by atoms with van der Waals surface area (Å²) in [5, 5.41) is 5.89. The highest BCUT2D eigenvalue weighted by molar-refractivity contribution is 5.92. The SMILES string of the molecule is Cc1ccccc1C(C(=O)NC1CCCCC1)N(C(=O)C(C)NC(=O)OC(C)(C)C)C1CC1. The quantitative estimate of drug-likeness (QED) is 0.636. The van der Waals surface area contributed by atoms with Gasteiger partial charge in [0.1, 0.15) is 17.7 Å². The summed E-state index contributed by atoms with van der Waals surface area (Å²) in [6.45, 7) is 8.95. The maximum atomic E-state index is 13.7. The molecule has 2 atom stereocenters. The van der Waals surface area contributed by atoms with Crippen molar-refractivity contribution in [3.63, 3.8) is 0 Å². The van der Waals surface area contributed by atoms with E-state index < -0.39 is 23.8 Å².